The van der Waals surface area contributed by atoms with Gasteiger partial charge in [-0.3, -0.25) is 5.10 Å². The molecule has 6 nitrogen and oxygen atoms in total. The Bertz CT molecular complexity index is 631. The quantitative estimate of drug-likeness (QED) is 0.490. The summed E-state index contributed by atoms with van der Waals surface area (Å²) in [6.07, 6.45) is 6.58. The predicted molar refractivity (Wildman–Crippen MR) is 67.8 cm³/mol. The number of hydrogen-bond acceptors (Lipinski definition) is 4. The lowest BCUT2D eigenvalue weighted by molar-refractivity contribution is 1.12. The molecule has 0 saturated carbocycles. The van der Waals surface area contributed by atoms with Gasteiger partial charge in [-0.05, 0) is 6.07 Å². The Hall–Kier alpha value is -2.76. The number of rotatable bonds is 0. The molecule has 1 aromatic carbocycles. The Kier molecular flexibility index (Phi) is 2.67. The van der Waals surface area contributed by atoms with Crippen LogP contribution in [0.2, 0.25) is 0 Å². The van der Waals surface area contributed by atoms with E-state index in [1.807, 2.05) is 30.5 Å². The fraction of sp³-hybridized carbons (Fsp3) is 0. The molecule has 4 rings (SSSR count). The molecule has 0 bridgehead atoms. The summed E-state index contributed by atoms with van der Waals surface area (Å²) in [4.78, 5) is 14.5. The molecule has 0 atom stereocenters. The standard InChI is InChI=1S/C7H6N2.C5H4N4/c1-2-4-7-6(3-1)5-8-9-7;1-4-5(8-2-6-1)9-3-7-4/h1-5H,(H,8,9);1-3H,(H,6,7,8,9). The summed E-state index contributed by atoms with van der Waals surface area (Å²) in [6.45, 7) is 0. The third-order valence-electron chi connectivity index (χ3n) is 2.45. The van der Waals surface area contributed by atoms with Crippen molar-refractivity contribution in [3.05, 3.63) is 49.3 Å². The zero-order valence-electron chi connectivity index (χ0n) is 9.41. The van der Waals surface area contributed by atoms with Crippen molar-refractivity contribution in [1.82, 2.24) is 30.1 Å². The van der Waals surface area contributed by atoms with Crippen molar-refractivity contribution in [3.63, 3.8) is 0 Å². The highest BCUT2D eigenvalue weighted by Crippen LogP contribution is 2.07. The van der Waals surface area contributed by atoms with Gasteiger partial charge in [0.15, 0.2) is 5.65 Å². The van der Waals surface area contributed by atoms with Gasteiger partial charge in [-0.15, -0.1) is 0 Å². The van der Waals surface area contributed by atoms with Gasteiger partial charge in [-0.2, -0.15) is 5.10 Å². The highest BCUT2D eigenvalue weighted by atomic mass is 15.1. The molecule has 0 radical (unpaired) electrons. The lowest BCUT2D eigenvalue weighted by Gasteiger charge is -1.81. The molecule has 0 aliphatic heterocycles. The third-order valence-corrected chi connectivity index (χ3v) is 2.45. The number of aromatic amines is 2. The molecule has 3 aromatic heterocycles. The summed E-state index contributed by atoms with van der Waals surface area (Å²) in [7, 11) is 0. The van der Waals surface area contributed by atoms with Crippen molar-refractivity contribution in [1.29, 1.82) is 0 Å². The van der Waals surface area contributed by atoms with Crippen LogP contribution in [0.4, 0.5) is 0 Å². The Balaban J connectivity index is 0.000000111. The molecule has 4 aromatic rings. The van der Waals surface area contributed by atoms with Crippen molar-refractivity contribution in [2.24, 2.45) is 0 Å². The highest BCUT2D eigenvalue weighted by Gasteiger charge is 1.91. The van der Waals surface area contributed by atoms with E-state index in [0.717, 1.165) is 16.4 Å². The summed E-state index contributed by atoms with van der Waals surface area (Å²) in [5.41, 5.74) is 2.68. The zero-order chi connectivity index (χ0) is 12.2. The van der Waals surface area contributed by atoms with Gasteiger partial charge in [0.05, 0.1) is 24.2 Å². The number of nitrogens with one attached hydrogen (secondary N) is 2. The molecule has 18 heavy (non-hydrogen) atoms. The van der Waals surface area contributed by atoms with Crippen LogP contribution in [0.25, 0.3) is 22.1 Å². The van der Waals surface area contributed by atoms with Crippen LogP contribution in [-0.4, -0.2) is 30.1 Å². The number of nitrogens with zero attached hydrogens (tertiary/aromatic N) is 4. The molecule has 0 aliphatic rings. The Morgan fingerprint density at radius 1 is 0.944 bits per heavy atom. The van der Waals surface area contributed by atoms with Crippen LogP contribution in [-0.2, 0) is 0 Å². The van der Waals surface area contributed by atoms with Crippen molar-refractivity contribution >= 4 is 22.1 Å². The van der Waals surface area contributed by atoms with Gasteiger partial charge in [-0.1, -0.05) is 18.2 Å². The van der Waals surface area contributed by atoms with E-state index in [2.05, 4.69) is 30.1 Å². The minimum Gasteiger partial charge on any atom is -0.342 e. The normalized spacial score (nSPS) is 10.2. The smallest absolute Gasteiger partial charge is 0.180 e. The summed E-state index contributed by atoms with van der Waals surface area (Å²) in [6, 6.07) is 8.01. The van der Waals surface area contributed by atoms with Gasteiger partial charge in [0, 0.05) is 5.39 Å². The van der Waals surface area contributed by atoms with Crippen molar-refractivity contribution < 1.29 is 0 Å². The van der Waals surface area contributed by atoms with Crippen LogP contribution < -0.4 is 0 Å². The Labute approximate surface area is 102 Å². The summed E-state index contributed by atoms with van der Waals surface area (Å²) >= 11 is 0. The minimum atomic E-state index is 0.713. The largest absolute Gasteiger partial charge is 0.342 e. The minimum absolute atomic E-state index is 0.713. The van der Waals surface area contributed by atoms with E-state index in [9.17, 15) is 0 Å². The number of fused-ring (bicyclic) bond motifs is 2. The molecule has 0 saturated heterocycles. The summed E-state index contributed by atoms with van der Waals surface area (Å²) in [5, 5.41) is 7.91. The van der Waals surface area contributed by atoms with Gasteiger partial charge in [0.1, 0.15) is 11.8 Å². The van der Waals surface area contributed by atoms with Crippen LogP contribution in [0, 0.1) is 0 Å². The average Bonchev–Trinajstić information content (AvgIpc) is 3.08. The van der Waals surface area contributed by atoms with Crippen LogP contribution in [0.5, 0.6) is 0 Å². The maximum atomic E-state index is 3.91. The second kappa shape index (κ2) is 4.62. The molecule has 0 fully saturated rings. The average molecular weight is 238 g/mol. The molecule has 0 aliphatic carbocycles. The zero-order valence-corrected chi connectivity index (χ0v) is 9.41. The molecule has 0 amide bonds. The van der Waals surface area contributed by atoms with Gasteiger partial charge in [-0.25, -0.2) is 15.0 Å². The molecule has 0 unspecified atom stereocenters. The Morgan fingerprint density at radius 3 is 2.78 bits per heavy atom. The van der Waals surface area contributed by atoms with Crippen LogP contribution in [0.15, 0.2) is 49.3 Å². The van der Waals surface area contributed by atoms with Gasteiger partial charge in [0.2, 0.25) is 0 Å². The first-order valence-corrected chi connectivity index (χ1v) is 5.41. The fourth-order valence-electron chi connectivity index (χ4n) is 1.57. The first kappa shape index (κ1) is 10.4. The summed E-state index contributed by atoms with van der Waals surface area (Å²) < 4.78 is 0. The number of hydrogen-bond donors (Lipinski definition) is 2. The number of benzene rings is 1. The van der Waals surface area contributed by atoms with E-state index in [0.29, 0.717) is 5.65 Å². The lowest BCUT2D eigenvalue weighted by atomic mass is 10.3. The Morgan fingerprint density at radius 2 is 1.89 bits per heavy atom. The molecule has 0 spiro atoms. The monoisotopic (exact) mass is 238 g/mol. The predicted octanol–water partition coefficient (Wildman–Crippen LogP) is 1.92. The number of para-hydroxylation sites is 1. The van der Waals surface area contributed by atoms with E-state index in [4.69, 9.17) is 0 Å². The topological polar surface area (TPSA) is 83.1 Å². The lowest BCUT2D eigenvalue weighted by Crippen LogP contribution is -1.76. The van der Waals surface area contributed by atoms with E-state index in [1.54, 1.807) is 12.5 Å². The second-order valence-corrected chi connectivity index (χ2v) is 3.62. The number of imidazole rings is 1. The molecule has 2 N–H and O–H groups in total. The molecule has 3 heterocycles. The van der Waals surface area contributed by atoms with E-state index in [-0.39, 0.29) is 0 Å². The molecule has 6 heteroatoms. The van der Waals surface area contributed by atoms with Gasteiger partial charge < -0.3 is 4.98 Å². The van der Waals surface area contributed by atoms with Crippen molar-refractivity contribution in [2.75, 3.05) is 0 Å². The van der Waals surface area contributed by atoms with E-state index in [1.165, 1.54) is 6.33 Å². The third kappa shape index (κ3) is 2.03. The van der Waals surface area contributed by atoms with Gasteiger partial charge >= 0.3 is 0 Å². The maximum Gasteiger partial charge on any atom is 0.180 e. The maximum absolute atomic E-state index is 3.91. The van der Waals surface area contributed by atoms with Gasteiger partial charge in [0.25, 0.3) is 0 Å². The van der Waals surface area contributed by atoms with Crippen LogP contribution in [0.3, 0.4) is 0 Å². The first-order valence-electron chi connectivity index (χ1n) is 5.41. The van der Waals surface area contributed by atoms with Crippen molar-refractivity contribution in [2.45, 2.75) is 0 Å². The SMILES string of the molecule is c1ccc2[nH]ncc2c1.c1ncc2[nH]cnc2n1. The molecular formula is C12H10N6. The summed E-state index contributed by atoms with van der Waals surface area (Å²) in [5.74, 6) is 0. The highest BCUT2D eigenvalue weighted by molar-refractivity contribution is 5.77. The molecule has 88 valence electrons. The van der Waals surface area contributed by atoms with Crippen molar-refractivity contribution in [3.8, 4) is 0 Å². The number of H-pyrrole nitrogens is 2. The first-order chi connectivity index (χ1) is 8.93. The second-order valence-electron chi connectivity index (χ2n) is 3.62. The fourth-order valence-corrected chi connectivity index (χ4v) is 1.57. The number of aromatic nitrogens is 6. The van der Waals surface area contributed by atoms with Crippen LogP contribution >= 0.6 is 0 Å². The molecular weight excluding hydrogens is 228 g/mol. The van der Waals surface area contributed by atoms with E-state index < -0.39 is 0 Å². The van der Waals surface area contributed by atoms with Crippen LogP contribution in [0.1, 0.15) is 0 Å². The van der Waals surface area contributed by atoms with E-state index >= 15 is 0 Å².